The van der Waals surface area contributed by atoms with Crippen molar-refractivity contribution in [3.05, 3.63) is 47.3 Å². The average Bonchev–Trinajstić information content (AvgIpc) is 3.19. The molecular weight excluding hydrogens is 384 g/mol. The molecule has 0 fully saturated rings. The molecule has 0 radical (unpaired) electrons. The van der Waals surface area contributed by atoms with Crippen molar-refractivity contribution in [2.24, 2.45) is 5.92 Å². The van der Waals surface area contributed by atoms with Crippen LogP contribution >= 0.6 is 11.3 Å². The third-order valence-electron chi connectivity index (χ3n) is 3.85. The van der Waals surface area contributed by atoms with E-state index in [-0.39, 0.29) is 16.0 Å². The maximum absolute atomic E-state index is 12.6. The van der Waals surface area contributed by atoms with Crippen molar-refractivity contribution >= 4 is 27.3 Å². The predicted octanol–water partition coefficient (Wildman–Crippen LogP) is 3.16. The van der Waals surface area contributed by atoms with Gasteiger partial charge in [0.2, 0.25) is 5.91 Å². The van der Waals surface area contributed by atoms with Crippen LogP contribution in [0.1, 0.15) is 32.8 Å². The first-order valence-corrected chi connectivity index (χ1v) is 11.2. The van der Waals surface area contributed by atoms with E-state index in [9.17, 15) is 13.2 Å². The van der Waals surface area contributed by atoms with Gasteiger partial charge in [-0.25, -0.2) is 8.42 Å². The summed E-state index contributed by atoms with van der Waals surface area (Å²) in [5.74, 6) is 0.247. The Balaban J connectivity index is 1.97. The van der Waals surface area contributed by atoms with E-state index < -0.39 is 16.1 Å². The fourth-order valence-corrected chi connectivity index (χ4v) is 4.71. The third kappa shape index (κ3) is 6.34. The SMILES string of the molecule is CCCOc1ccc(CNC(=O)C(NS(=O)(=O)c2cccs2)C(C)C)cc1. The molecule has 1 unspecified atom stereocenters. The first-order chi connectivity index (χ1) is 12.8. The van der Waals surface area contributed by atoms with E-state index >= 15 is 0 Å². The maximum atomic E-state index is 12.6. The van der Waals surface area contributed by atoms with Crippen molar-refractivity contribution in [3.63, 3.8) is 0 Å². The summed E-state index contributed by atoms with van der Waals surface area (Å²) >= 11 is 1.12. The number of carbonyl (C=O) groups excluding carboxylic acids is 1. The molecule has 0 aliphatic carbocycles. The van der Waals surface area contributed by atoms with E-state index in [4.69, 9.17) is 4.74 Å². The predicted molar refractivity (Wildman–Crippen MR) is 107 cm³/mol. The first-order valence-electron chi connectivity index (χ1n) is 8.88. The Bertz CT molecular complexity index is 816. The molecule has 0 spiro atoms. The van der Waals surface area contributed by atoms with Crippen molar-refractivity contribution in [2.75, 3.05) is 6.61 Å². The van der Waals surface area contributed by atoms with Gasteiger partial charge in [0.15, 0.2) is 0 Å². The van der Waals surface area contributed by atoms with Crippen LogP contribution in [0, 0.1) is 5.92 Å². The van der Waals surface area contributed by atoms with Crippen molar-refractivity contribution in [1.29, 1.82) is 0 Å². The van der Waals surface area contributed by atoms with Crippen molar-refractivity contribution in [1.82, 2.24) is 10.0 Å². The number of thiophene rings is 1. The van der Waals surface area contributed by atoms with Crippen LogP contribution < -0.4 is 14.8 Å². The second-order valence-corrected chi connectivity index (χ2v) is 9.37. The van der Waals surface area contributed by atoms with Gasteiger partial charge in [-0.1, -0.05) is 39.0 Å². The number of rotatable bonds is 10. The molecule has 2 rings (SSSR count). The molecule has 1 aromatic heterocycles. The molecule has 1 aromatic carbocycles. The van der Waals surface area contributed by atoms with Gasteiger partial charge in [-0.05, 0) is 41.5 Å². The molecule has 6 nitrogen and oxygen atoms in total. The Morgan fingerprint density at radius 3 is 2.44 bits per heavy atom. The Morgan fingerprint density at radius 1 is 1.19 bits per heavy atom. The summed E-state index contributed by atoms with van der Waals surface area (Å²) in [6.45, 7) is 6.64. The second-order valence-electron chi connectivity index (χ2n) is 6.49. The molecule has 27 heavy (non-hydrogen) atoms. The highest BCUT2D eigenvalue weighted by Gasteiger charge is 2.28. The molecule has 0 saturated heterocycles. The van der Waals surface area contributed by atoms with Gasteiger partial charge in [0.05, 0.1) is 6.61 Å². The van der Waals surface area contributed by atoms with E-state index in [0.717, 1.165) is 29.1 Å². The molecule has 8 heteroatoms. The monoisotopic (exact) mass is 410 g/mol. The number of hydrogen-bond acceptors (Lipinski definition) is 5. The number of sulfonamides is 1. The maximum Gasteiger partial charge on any atom is 0.250 e. The Morgan fingerprint density at radius 2 is 1.89 bits per heavy atom. The van der Waals surface area contributed by atoms with Crippen LogP contribution in [-0.2, 0) is 21.4 Å². The Hall–Kier alpha value is -1.90. The van der Waals surface area contributed by atoms with Crippen LogP contribution in [0.25, 0.3) is 0 Å². The smallest absolute Gasteiger partial charge is 0.250 e. The number of carbonyl (C=O) groups is 1. The molecule has 1 heterocycles. The molecule has 2 N–H and O–H groups in total. The van der Waals surface area contributed by atoms with Crippen LogP contribution in [-0.4, -0.2) is 27.0 Å². The molecule has 1 amide bonds. The van der Waals surface area contributed by atoms with Crippen molar-refractivity contribution in [2.45, 2.75) is 44.0 Å². The molecule has 1 atom stereocenters. The zero-order valence-corrected chi connectivity index (χ0v) is 17.4. The molecule has 0 aliphatic heterocycles. The number of ether oxygens (including phenoxy) is 1. The van der Waals surface area contributed by atoms with Crippen LogP contribution in [0.4, 0.5) is 0 Å². The standard InChI is InChI=1S/C19H26N2O4S2/c1-4-11-25-16-9-7-15(8-10-16)13-20-19(22)18(14(2)3)21-27(23,24)17-6-5-12-26-17/h5-10,12,14,18,21H,4,11,13H2,1-3H3,(H,20,22). The summed E-state index contributed by atoms with van der Waals surface area (Å²) in [6, 6.07) is 9.82. The van der Waals surface area contributed by atoms with Crippen LogP contribution in [0.2, 0.25) is 0 Å². The first kappa shape index (κ1) is 21.4. The highest BCUT2D eigenvalue weighted by Crippen LogP contribution is 2.17. The van der Waals surface area contributed by atoms with E-state index in [1.165, 1.54) is 6.07 Å². The molecule has 0 saturated carbocycles. The molecule has 148 valence electrons. The van der Waals surface area contributed by atoms with Gasteiger partial charge in [-0.15, -0.1) is 11.3 Å². The third-order valence-corrected chi connectivity index (χ3v) is 6.69. The summed E-state index contributed by atoms with van der Waals surface area (Å²) in [4.78, 5) is 12.6. The average molecular weight is 411 g/mol. The Kier molecular flexibility index (Phi) is 7.82. The number of amides is 1. The van der Waals surface area contributed by atoms with E-state index in [0.29, 0.717) is 13.2 Å². The lowest BCUT2D eigenvalue weighted by Crippen LogP contribution is -2.49. The van der Waals surface area contributed by atoms with Gasteiger partial charge in [-0.3, -0.25) is 4.79 Å². The highest BCUT2D eigenvalue weighted by atomic mass is 32.2. The largest absolute Gasteiger partial charge is 0.494 e. The minimum absolute atomic E-state index is 0.190. The zero-order valence-electron chi connectivity index (χ0n) is 15.8. The van der Waals surface area contributed by atoms with Crippen LogP contribution in [0.3, 0.4) is 0 Å². The van der Waals surface area contributed by atoms with Crippen molar-refractivity contribution in [3.8, 4) is 5.75 Å². The topological polar surface area (TPSA) is 84.5 Å². The van der Waals surface area contributed by atoms with Gasteiger partial charge < -0.3 is 10.1 Å². The fraction of sp³-hybridized carbons (Fsp3) is 0.421. The van der Waals surface area contributed by atoms with E-state index in [1.807, 2.05) is 31.2 Å². The Labute approximate surface area is 165 Å². The van der Waals surface area contributed by atoms with Gasteiger partial charge in [0.25, 0.3) is 10.0 Å². The van der Waals surface area contributed by atoms with Gasteiger partial charge >= 0.3 is 0 Å². The van der Waals surface area contributed by atoms with E-state index in [1.54, 1.807) is 25.3 Å². The lowest BCUT2D eigenvalue weighted by Gasteiger charge is -2.21. The lowest BCUT2D eigenvalue weighted by atomic mass is 10.0. The normalized spacial score (nSPS) is 12.7. The minimum Gasteiger partial charge on any atom is -0.494 e. The van der Waals surface area contributed by atoms with Gasteiger partial charge in [-0.2, -0.15) is 4.72 Å². The fourth-order valence-electron chi connectivity index (χ4n) is 2.36. The summed E-state index contributed by atoms with van der Waals surface area (Å²) in [5, 5.41) is 4.50. The molecule has 0 aliphatic rings. The minimum atomic E-state index is -3.71. The number of benzene rings is 1. The lowest BCUT2D eigenvalue weighted by molar-refractivity contribution is -0.123. The number of hydrogen-bond donors (Lipinski definition) is 2. The van der Waals surface area contributed by atoms with Gasteiger partial charge in [0.1, 0.15) is 16.0 Å². The quantitative estimate of drug-likeness (QED) is 0.630. The molecular formula is C19H26N2O4S2. The number of nitrogens with one attached hydrogen (secondary N) is 2. The van der Waals surface area contributed by atoms with Crippen LogP contribution in [0.5, 0.6) is 5.75 Å². The van der Waals surface area contributed by atoms with Crippen LogP contribution in [0.15, 0.2) is 46.0 Å². The van der Waals surface area contributed by atoms with Gasteiger partial charge in [0, 0.05) is 6.54 Å². The highest BCUT2D eigenvalue weighted by molar-refractivity contribution is 7.91. The summed E-state index contributed by atoms with van der Waals surface area (Å²) in [5.41, 5.74) is 0.913. The molecule has 2 aromatic rings. The van der Waals surface area contributed by atoms with E-state index in [2.05, 4.69) is 10.0 Å². The zero-order chi connectivity index (χ0) is 19.9. The van der Waals surface area contributed by atoms with Crippen molar-refractivity contribution < 1.29 is 17.9 Å². The summed E-state index contributed by atoms with van der Waals surface area (Å²) < 4.78 is 33.1. The molecule has 0 bridgehead atoms. The summed E-state index contributed by atoms with van der Waals surface area (Å²) in [7, 11) is -3.71. The summed E-state index contributed by atoms with van der Waals surface area (Å²) in [6.07, 6.45) is 0.940. The second kappa shape index (κ2) is 9.87.